The molecule has 1 fully saturated rings. The van der Waals surface area contributed by atoms with Crippen LogP contribution in [-0.4, -0.2) is 21.5 Å². The molecule has 6 heteroatoms. The molecule has 1 saturated carbocycles. The summed E-state index contributed by atoms with van der Waals surface area (Å²) in [6.45, 7) is 2.08. The normalized spacial score (nSPS) is 16.5. The van der Waals surface area contributed by atoms with E-state index in [1.54, 1.807) is 6.07 Å². The Bertz CT molecular complexity index is 518. The van der Waals surface area contributed by atoms with Gasteiger partial charge in [0.25, 0.3) is 5.69 Å². The van der Waals surface area contributed by atoms with Gasteiger partial charge in [0.2, 0.25) is 0 Å². The van der Waals surface area contributed by atoms with E-state index in [-0.39, 0.29) is 16.8 Å². The molecule has 0 amide bonds. The van der Waals surface area contributed by atoms with Gasteiger partial charge >= 0.3 is 5.97 Å². The average Bonchev–Trinajstić information content (AvgIpc) is 2.33. The molecule has 2 rings (SSSR count). The van der Waals surface area contributed by atoms with Gasteiger partial charge < -0.3 is 10.4 Å². The molecular formula is C13H16N2O4. The van der Waals surface area contributed by atoms with Crippen LogP contribution in [0.5, 0.6) is 0 Å². The van der Waals surface area contributed by atoms with Gasteiger partial charge in [-0.25, -0.2) is 4.79 Å². The molecule has 0 aliphatic heterocycles. The highest BCUT2D eigenvalue weighted by atomic mass is 16.6. The van der Waals surface area contributed by atoms with Crippen molar-refractivity contribution >= 4 is 17.3 Å². The third-order valence-electron chi connectivity index (χ3n) is 3.82. The zero-order chi connectivity index (χ0) is 14.0. The van der Waals surface area contributed by atoms with Crippen molar-refractivity contribution in [2.75, 3.05) is 5.32 Å². The second kappa shape index (κ2) is 4.87. The number of carboxylic acid groups (broad SMARTS) is 1. The van der Waals surface area contributed by atoms with Crippen molar-refractivity contribution in [3.8, 4) is 0 Å². The van der Waals surface area contributed by atoms with Crippen molar-refractivity contribution in [2.24, 2.45) is 0 Å². The number of aromatic carboxylic acids is 1. The molecule has 102 valence electrons. The standard InChI is InChI=1S/C13H16N2O4/c1-2-13(6-3-7-13)14-9-4-5-11(15(18)19)10(8-9)12(16)17/h4-5,8,14H,2-3,6-7H2,1H3,(H,16,17). The molecule has 1 aliphatic carbocycles. The number of nitrogens with one attached hydrogen (secondary N) is 1. The predicted octanol–water partition coefficient (Wildman–Crippen LogP) is 3.04. The number of nitrogens with zero attached hydrogens (tertiary/aromatic N) is 1. The monoisotopic (exact) mass is 264 g/mol. The Hall–Kier alpha value is -2.11. The third-order valence-corrected chi connectivity index (χ3v) is 3.82. The van der Waals surface area contributed by atoms with Crippen LogP contribution in [0, 0.1) is 10.1 Å². The van der Waals surface area contributed by atoms with Crippen molar-refractivity contribution in [1.29, 1.82) is 0 Å². The van der Waals surface area contributed by atoms with E-state index in [0.717, 1.165) is 25.7 Å². The molecule has 1 aliphatic rings. The van der Waals surface area contributed by atoms with Crippen LogP contribution in [-0.2, 0) is 0 Å². The molecule has 0 spiro atoms. The number of hydrogen-bond donors (Lipinski definition) is 2. The topological polar surface area (TPSA) is 92.5 Å². The largest absolute Gasteiger partial charge is 0.477 e. The Kier molecular flexibility index (Phi) is 3.42. The lowest BCUT2D eigenvalue weighted by Crippen LogP contribution is -2.44. The van der Waals surface area contributed by atoms with Crippen molar-refractivity contribution in [2.45, 2.75) is 38.1 Å². The zero-order valence-corrected chi connectivity index (χ0v) is 10.7. The summed E-state index contributed by atoms with van der Waals surface area (Å²) in [5.41, 5.74) is -0.00587. The number of hydrogen-bond acceptors (Lipinski definition) is 4. The summed E-state index contributed by atoms with van der Waals surface area (Å²) in [5.74, 6) is -1.28. The van der Waals surface area contributed by atoms with Crippen LogP contribution in [0.25, 0.3) is 0 Å². The Balaban J connectivity index is 2.30. The van der Waals surface area contributed by atoms with E-state index in [1.165, 1.54) is 12.1 Å². The van der Waals surface area contributed by atoms with Gasteiger partial charge in [-0.3, -0.25) is 10.1 Å². The molecule has 0 atom stereocenters. The fraction of sp³-hybridized carbons (Fsp3) is 0.462. The van der Waals surface area contributed by atoms with E-state index in [0.29, 0.717) is 5.69 Å². The molecule has 0 radical (unpaired) electrons. The minimum absolute atomic E-state index is 0.0197. The van der Waals surface area contributed by atoms with Crippen LogP contribution in [0.2, 0.25) is 0 Å². The first-order chi connectivity index (χ1) is 8.97. The van der Waals surface area contributed by atoms with Gasteiger partial charge in [0.1, 0.15) is 5.56 Å². The molecule has 6 nitrogen and oxygen atoms in total. The highest BCUT2D eigenvalue weighted by Gasteiger charge is 2.35. The van der Waals surface area contributed by atoms with E-state index >= 15 is 0 Å². The van der Waals surface area contributed by atoms with Crippen LogP contribution in [0.4, 0.5) is 11.4 Å². The van der Waals surface area contributed by atoms with Crippen molar-refractivity contribution in [3.05, 3.63) is 33.9 Å². The number of carbonyl (C=O) groups is 1. The maximum Gasteiger partial charge on any atom is 0.342 e. The zero-order valence-electron chi connectivity index (χ0n) is 10.7. The van der Waals surface area contributed by atoms with Crippen LogP contribution >= 0.6 is 0 Å². The fourth-order valence-corrected chi connectivity index (χ4v) is 2.42. The van der Waals surface area contributed by atoms with Crippen LogP contribution in [0.15, 0.2) is 18.2 Å². The second-order valence-electron chi connectivity index (χ2n) is 4.91. The highest BCUT2D eigenvalue weighted by molar-refractivity contribution is 5.93. The third kappa shape index (κ3) is 2.52. The van der Waals surface area contributed by atoms with Crippen LogP contribution < -0.4 is 5.32 Å². The van der Waals surface area contributed by atoms with Gasteiger partial charge in [-0.15, -0.1) is 0 Å². The number of anilines is 1. The summed E-state index contributed by atoms with van der Waals surface area (Å²) in [6.07, 6.45) is 4.19. The number of nitro benzene ring substituents is 1. The van der Waals surface area contributed by atoms with Gasteiger partial charge in [-0.05, 0) is 37.8 Å². The van der Waals surface area contributed by atoms with Crippen LogP contribution in [0.1, 0.15) is 43.0 Å². The second-order valence-corrected chi connectivity index (χ2v) is 4.91. The Morgan fingerprint density at radius 1 is 1.53 bits per heavy atom. The van der Waals surface area contributed by atoms with Gasteiger partial charge in [0, 0.05) is 17.3 Å². The summed E-state index contributed by atoms with van der Waals surface area (Å²) in [7, 11) is 0. The Morgan fingerprint density at radius 3 is 2.63 bits per heavy atom. The smallest absolute Gasteiger partial charge is 0.342 e. The number of benzene rings is 1. The van der Waals surface area contributed by atoms with E-state index in [9.17, 15) is 14.9 Å². The first-order valence-corrected chi connectivity index (χ1v) is 6.27. The first kappa shape index (κ1) is 13.3. The minimum Gasteiger partial charge on any atom is -0.477 e. The Labute approximate surface area is 110 Å². The molecule has 0 unspecified atom stereocenters. The van der Waals surface area contributed by atoms with Gasteiger partial charge in [-0.2, -0.15) is 0 Å². The molecule has 1 aromatic rings. The van der Waals surface area contributed by atoms with Crippen molar-refractivity contribution in [3.63, 3.8) is 0 Å². The summed E-state index contributed by atoms with van der Waals surface area (Å²) in [4.78, 5) is 21.2. The SMILES string of the molecule is CCC1(Nc2ccc([N+](=O)[O-])c(C(=O)O)c2)CCC1. The summed E-state index contributed by atoms with van der Waals surface area (Å²) in [5, 5.41) is 23.1. The average molecular weight is 264 g/mol. The minimum atomic E-state index is -1.28. The lowest BCUT2D eigenvalue weighted by atomic mass is 9.74. The Morgan fingerprint density at radius 2 is 2.21 bits per heavy atom. The van der Waals surface area contributed by atoms with Gasteiger partial charge in [0.05, 0.1) is 4.92 Å². The predicted molar refractivity (Wildman–Crippen MR) is 70.6 cm³/mol. The summed E-state index contributed by atoms with van der Waals surface area (Å²) in [6, 6.07) is 4.16. The number of carboxylic acids is 1. The lowest BCUT2D eigenvalue weighted by molar-refractivity contribution is -0.385. The summed E-state index contributed by atoms with van der Waals surface area (Å²) < 4.78 is 0. The van der Waals surface area contributed by atoms with E-state index in [1.807, 2.05) is 0 Å². The molecule has 0 saturated heterocycles. The lowest BCUT2D eigenvalue weighted by Gasteiger charge is -2.43. The summed E-state index contributed by atoms with van der Waals surface area (Å²) >= 11 is 0. The molecule has 19 heavy (non-hydrogen) atoms. The first-order valence-electron chi connectivity index (χ1n) is 6.27. The van der Waals surface area contributed by atoms with Crippen LogP contribution in [0.3, 0.4) is 0 Å². The van der Waals surface area contributed by atoms with E-state index < -0.39 is 10.9 Å². The maximum atomic E-state index is 11.1. The van der Waals surface area contributed by atoms with E-state index in [2.05, 4.69) is 12.2 Å². The molecule has 0 aromatic heterocycles. The molecule has 1 aromatic carbocycles. The number of nitro groups is 1. The molecule has 0 heterocycles. The van der Waals surface area contributed by atoms with Crippen molar-refractivity contribution in [1.82, 2.24) is 0 Å². The number of rotatable bonds is 5. The van der Waals surface area contributed by atoms with Gasteiger partial charge in [0.15, 0.2) is 0 Å². The fourth-order valence-electron chi connectivity index (χ4n) is 2.42. The molecule has 0 bridgehead atoms. The molecular weight excluding hydrogens is 248 g/mol. The van der Waals surface area contributed by atoms with Gasteiger partial charge in [-0.1, -0.05) is 6.92 Å². The van der Waals surface area contributed by atoms with E-state index in [4.69, 9.17) is 5.11 Å². The van der Waals surface area contributed by atoms with Crippen molar-refractivity contribution < 1.29 is 14.8 Å². The maximum absolute atomic E-state index is 11.1. The quantitative estimate of drug-likeness (QED) is 0.629. The highest BCUT2D eigenvalue weighted by Crippen LogP contribution is 2.38. The molecule has 2 N–H and O–H groups in total.